The van der Waals surface area contributed by atoms with Gasteiger partial charge in [0.15, 0.2) is 0 Å². The second kappa shape index (κ2) is 7.02. The van der Waals surface area contributed by atoms with Crippen LogP contribution in [0.25, 0.3) is 11.0 Å². The van der Waals surface area contributed by atoms with E-state index in [9.17, 15) is 13.2 Å². The largest absolute Gasteiger partial charge is 0.345 e. The Morgan fingerprint density at radius 3 is 2.89 bits per heavy atom. The van der Waals surface area contributed by atoms with Crippen LogP contribution in [0.4, 0.5) is 0 Å². The van der Waals surface area contributed by atoms with E-state index in [1.54, 1.807) is 12.1 Å². The number of benzene rings is 1. The topological polar surface area (TPSA) is 113 Å². The average Bonchev–Trinajstić information content (AvgIpc) is 3.30. The summed E-state index contributed by atoms with van der Waals surface area (Å²) in [5.41, 5.74) is 2.91. The number of amides is 1. The standard InChI is InChI=1S/C18H22N6O3S/c1-12(2)18(25)23-5-6-24-14(10-23)7-13(22-24)9-21-28(26,27)15-3-4-16-17(8-15)20-11-19-16/h3-4,7-8,11-12,21H,5-6,9-10H2,1-2H3,(H,19,20). The molecule has 0 atom stereocenters. The van der Waals surface area contributed by atoms with Gasteiger partial charge in [0.05, 0.1) is 53.3 Å². The smallest absolute Gasteiger partial charge is 0.241 e. The maximum atomic E-state index is 12.6. The molecule has 0 radical (unpaired) electrons. The Bertz CT molecular complexity index is 1130. The van der Waals surface area contributed by atoms with E-state index in [0.29, 0.717) is 36.4 Å². The number of hydrogen-bond acceptors (Lipinski definition) is 5. The SMILES string of the molecule is CC(C)C(=O)N1CCn2nc(CNS(=O)(=O)c3ccc4nc[nH]c4c3)cc2C1. The van der Waals surface area contributed by atoms with E-state index in [1.165, 1.54) is 12.4 Å². The minimum absolute atomic E-state index is 0.0482. The highest BCUT2D eigenvalue weighted by molar-refractivity contribution is 7.89. The van der Waals surface area contributed by atoms with Crippen LogP contribution in [-0.2, 0) is 34.5 Å². The molecule has 0 saturated heterocycles. The summed E-state index contributed by atoms with van der Waals surface area (Å²) >= 11 is 0. The molecule has 0 bridgehead atoms. The predicted octanol–water partition coefficient (Wildman–Crippen LogP) is 1.24. The number of aromatic amines is 1. The molecular weight excluding hydrogens is 380 g/mol. The van der Waals surface area contributed by atoms with Gasteiger partial charge in [-0.1, -0.05) is 13.8 Å². The van der Waals surface area contributed by atoms with Crippen LogP contribution in [0.2, 0.25) is 0 Å². The van der Waals surface area contributed by atoms with Crippen LogP contribution in [0.3, 0.4) is 0 Å². The number of sulfonamides is 1. The quantitative estimate of drug-likeness (QED) is 0.667. The van der Waals surface area contributed by atoms with Crippen molar-refractivity contribution in [3.05, 3.63) is 42.0 Å². The lowest BCUT2D eigenvalue weighted by molar-refractivity contribution is -0.136. The van der Waals surface area contributed by atoms with Crippen molar-refractivity contribution in [1.29, 1.82) is 0 Å². The molecule has 28 heavy (non-hydrogen) atoms. The van der Waals surface area contributed by atoms with Crippen LogP contribution >= 0.6 is 0 Å². The normalized spacial score (nSPS) is 14.6. The summed E-state index contributed by atoms with van der Waals surface area (Å²) in [6.07, 6.45) is 1.53. The van der Waals surface area contributed by atoms with Crippen molar-refractivity contribution in [3.63, 3.8) is 0 Å². The number of nitrogens with zero attached hydrogens (tertiary/aromatic N) is 4. The highest BCUT2D eigenvalue weighted by Crippen LogP contribution is 2.18. The Hall–Kier alpha value is -2.72. The van der Waals surface area contributed by atoms with E-state index in [2.05, 4.69) is 19.8 Å². The first kappa shape index (κ1) is 18.6. The van der Waals surface area contributed by atoms with Crippen molar-refractivity contribution >= 4 is 27.0 Å². The zero-order valence-electron chi connectivity index (χ0n) is 15.7. The predicted molar refractivity (Wildman–Crippen MR) is 103 cm³/mol. The molecule has 2 aromatic heterocycles. The number of imidazole rings is 1. The molecule has 3 aromatic rings. The molecule has 1 aromatic carbocycles. The third kappa shape index (κ3) is 3.52. The van der Waals surface area contributed by atoms with Gasteiger partial charge in [0.25, 0.3) is 0 Å². The van der Waals surface area contributed by atoms with Gasteiger partial charge < -0.3 is 9.88 Å². The fourth-order valence-electron chi connectivity index (χ4n) is 3.30. The van der Waals surface area contributed by atoms with Gasteiger partial charge in [0.2, 0.25) is 15.9 Å². The van der Waals surface area contributed by atoms with Gasteiger partial charge >= 0.3 is 0 Å². The highest BCUT2D eigenvalue weighted by atomic mass is 32.2. The Kier molecular flexibility index (Phi) is 4.68. The number of H-pyrrole nitrogens is 1. The van der Waals surface area contributed by atoms with Crippen molar-refractivity contribution in [1.82, 2.24) is 29.4 Å². The third-order valence-corrected chi connectivity index (χ3v) is 6.20. The van der Waals surface area contributed by atoms with Crippen molar-refractivity contribution in [2.24, 2.45) is 5.92 Å². The summed E-state index contributed by atoms with van der Waals surface area (Å²) in [4.78, 5) is 21.2. The fraction of sp³-hybridized carbons (Fsp3) is 0.389. The number of carbonyl (C=O) groups excluding carboxylic acids is 1. The average molecular weight is 402 g/mol. The van der Waals surface area contributed by atoms with E-state index >= 15 is 0 Å². The molecule has 2 N–H and O–H groups in total. The first-order chi connectivity index (χ1) is 13.3. The monoisotopic (exact) mass is 402 g/mol. The van der Waals surface area contributed by atoms with Crippen LogP contribution < -0.4 is 4.72 Å². The minimum atomic E-state index is -3.68. The maximum absolute atomic E-state index is 12.6. The van der Waals surface area contributed by atoms with Gasteiger partial charge in [-0.3, -0.25) is 9.48 Å². The molecule has 1 aliphatic heterocycles. The van der Waals surface area contributed by atoms with Gasteiger partial charge in [-0.2, -0.15) is 5.10 Å². The Balaban J connectivity index is 1.46. The highest BCUT2D eigenvalue weighted by Gasteiger charge is 2.24. The van der Waals surface area contributed by atoms with Crippen LogP contribution in [-0.4, -0.2) is 45.5 Å². The molecule has 10 heteroatoms. The minimum Gasteiger partial charge on any atom is -0.345 e. The van der Waals surface area contributed by atoms with Crippen LogP contribution in [0.5, 0.6) is 0 Å². The molecule has 0 unspecified atom stereocenters. The van der Waals surface area contributed by atoms with E-state index in [-0.39, 0.29) is 23.3 Å². The fourth-order valence-corrected chi connectivity index (χ4v) is 4.32. The van der Waals surface area contributed by atoms with Crippen molar-refractivity contribution < 1.29 is 13.2 Å². The number of fused-ring (bicyclic) bond motifs is 2. The molecule has 148 valence electrons. The second-order valence-corrected chi connectivity index (χ2v) is 8.94. The van der Waals surface area contributed by atoms with Gasteiger partial charge in [-0.25, -0.2) is 18.1 Å². The molecule has 0 fully saturated rings. The summed E-state index contributed by atoms with van der Waals surface area (Å²) in [5, 5.41) is 4.46. The molecule has 4 rings (SSSR count). The maximum Gasteiger partial charge on any atom is 0.241 e. The molecule has 9 nitrogen and oxygen atoms in total. The lowest BCUT2D eigenvalue weighted by Gasteiger charge is -2.29. The van der Waals surface area contributed by atoms with Gasteiger partial charge in [0.1, 0.15) is 0 Å². The molecule has 3 heterocycles. The Morgan fingerprint density at radius 2 is 2.11 bits per heavy atom. The Labute approximate surface area is 162 Å². The zero-order valence-corrected chi connectivity index (χ0v) is 16.5. The second-order valence-electron chi connectivity index (χ2n) is 7.17. The van der Waals surface area contributed by atoms with Crippen LogP contribution in [0, 0.1) is 5.92 Å². The number of hydrogen-bond donors (Lipinski definition) is 2. The van der Waals surface area contributed by atoms with Gasteiger partial charge in [-0.05, 0) is 24.3 Å². The summed E-state index contributed by atoms with van der Waals surface area (Å²) in [5.74, 6) is 0.0665. The van der Waals surface area contributed by atoms with Crippen LogP contribution in [0.1, 0.15) is 25.2 Å². The molecule has 0 saturated carbocycles. The van der Waals surface area contributed by atoms with Gasteiger partial charge in [-0.15, -0.1) is 0 Å². The third-order valence-electron chi connectivity index (χ3n) is 4.80. The first-order valence-electron chi connectivity index (χ1n) is 9.11. The summed E-state index contributed by atoms with van der Waals surface area (Å²) in [6.45, 7) is 5.57. The molecular formula is C18H22N6O3S. The number of aromatic nitrogens is 4. The van der Waals surface area contributed by atoms with Crippen molar-refractivity contribution in [2.75, 3.05) is 6.54 Å². The molecule has 1 amide bonds. The molecule has 0 aliphatic carbocycles. The Morgan fingerprint density at radius 1 is 1.29 bits per heavy atom. The lowest BCUT2D eigenvalue weighted by atomic mass is 10.1. The first-order valence-corrected chi connectivity index (χ1v) is 10.6. The summed E-state index contributed by atoms with van der Waals surface area (Å²) < 4.78 is 29.6. The number of carbonyl (C=O) groups is 1. The van der Waals surface area contributed by atoms with E-state index < -0.39 is 10.0 Å². The van der Waals surface area contributed by atoms with Crippen molar-refractivity contribution in [3.8, 4) is 0 Å². The van der Waals surface area contributed by atoms with Crippen molar-refractivity contribution in [2.45, 2.75) is 38.4 Å². The summed E-state index contributed by atoms with van der Waals surface area (Å²) in [7, 11) is -3.68. The molecule has 1 aliphatic rings. The van der Waals surface area contributed by atoms with E-state index in [1.807, 2.05) is 29.5 Å². The van der Waals surface area contributed by atoms with E-state index in [0.717, 1.165) is 5.69 Å². The zero-order chi connectivity index (χ0) is 19.9. The number of rotatable bonds is 5. The summed E-state index contributed by atoms with van der Waals surface area (Å²) in [6, 6.07) is 6.59. The molecule has 0 spiro atoms. The van der Waals surface area contributed by atoms with E-state index in [4.69, 9.17) is 0 Å². The number of nitrogens with one attached hydrogen (secondary N) is 2. The van der Waals surface area contributed by atoms with Gasteiger partial charge in [0, 0.05) is 12.5 Å². The van der Waals surface area contributed by atoms with Crippen LogP contribution in [0.15, 0.2) is 35.5 Å². The lowest BCUT2D eigenvalue weighted by Crippen LogP contribution is -2.40.